The maximum atomic E-state index is 11.9. The summed E-state index contributed by atoms with van der Waals surface area (Å²) in [6.07, 6.45) is 3.00. The maximum Gasteiger partial charge on any atom is 0.224 e. The number of carbonyl (C=O) groups excluding carboxylic acids is 1. The van der Waals surface area contributed by atoms with Crippen LogP contribution in [0.15, 0.2) is 28.9 Å². The van der Waals surface area contributed by atoms with Crippen molar-refractivity contribution in [3.8, 4) is 0 Å². The zero-order valence-corrected chi connectivity index (χ0v) is 11.1. The highest BCUT2D eigenvalue weighted by Crippen LogP contribution is 2.22. The van der Waals surface area contributed by atoms with Crippen LogP contribution in [-0.2, 0) is 11.2 Å². The highest BCUT2D eigenvalue weighted by Gasteiger charge is 2.11. The van der Waals surface area contributed by atoms with E-state index in [1.807, 2.05) is 26.0 Å². The summed E-state index contributed by atoms with van der Waals surface area (Å²) in [4.78, 5) is 11.9. The third-order valence-electron chi connectivity index (χ3n) is 3.18. The zero-order chi connectivity index (χ0) is 13.1. The predicted molar refractivity (Wildman–Crippen MR) is 72.6 cm³/mol. The number of benzene rings is 1. The first-order chi connectivity index (χ1) is 8.60. The van der Waals surface area contributed by atoms with E-state index in [0.29, 0.717) is 6.42 Å². The van der Waals surface area contributed by atoms with E-state index in [2.05, 4.69) is 18.3 Å². The molecule has 96 valence electrons. The van der Waals surface area contributed by atoms with Gasteiger partial charge in [0.2, 0.25) is 5.91 Å². The molecule has 0 bridgehead atoms. The molecule has 0 saturated heterocycles. The molecule has 0 fully saturated rings. The second-order valence-electron chi connectivity index (χ2n) is 4.81. The van der Waals surface area contributed by atoms with Crippen LogP contribution in [-0.4, -0.2) is 11.9 Å². The fourth-order valence-corrected chi connectivity index (χ4v) is 1.93. The minimum atomic E-state index is 0.0496. The summed E-state index contributed by atoms with van der Waals surface area (Å²) in [7, 11) is 0. The van der Waals surface area contributed by atoms with Crippen molar-refractivity contribution in [3.05, 3.63) is 35.6 Å². The van der Waals surface area contributed by atoms with Gasteiger partial charge < -0.3 is 9.73 Å². The summed E-state index contributed by atoms with van der Waals surface area (Å²) in [5, 5.41) is 4.00. The van der Waals surface area contributed by atoms with Crippen LogP contribution in [0.3, 0.4) is 0 Å². The molecule has 2 rings (SSSR count). The van der Waals surface area contributed by atoms with E-state index in [1.54, 1.807) is 6.26 Å². The third-order valence-corrected chi connectivity index (χ3v) is 3.18. The topological polar surface area (TPSA) is 42.2 Å². The molecule has 18 heavy (non-hydrogen) atoms. The molecule has 1 N–H and O–H groups in total. The van der Waals surface area contributed by atoms with E-state index in [4.69, 9.17) is 4.42 Å². The molecule has 1 amide bonds. The van der Waals surface area contributed by atoms with Gasteiger partial charge in [0.1, 0.15) is 5.58 Å². The van der Waals surface area contributed by atoms with Gasteiger partial charge in [-0.2, -0.15) is 0 Å². The summed E-state index contributed by atoms with van der Waals surface area (Å²) in [5.74, 6) is 0.0496. The summed E-state index contributed by atoms with van der Waals surface area (Å²) < 4.78 is 5.46. The lowest BCUT2D eigenvalue weighted by atomic mass is 10.1. The number of furan rings is 1. The Bertz CT molecular complexity index is 557. The van der Waals surface area contributed by atoms with E-state index in [0.717, 1.165) is 23.0 Å². The quantitative estimate of drug-likeness (QED) is 0.898. The lowest BCUT2D eigenvalue weighted by Crippen LogP contribution is -2.33. The van der Waals surface area contributed by atoms with Crippen molar-refractivity contribution in [2.75, 3.05) is 0 Å². The zero-order valence-electron chi connectivity index (χ0n) is 11.1. The Balaban J connectivity index is 2.16. The molecule has 0 aliphatic heterocycles. The molecule has 0 aliphatic carbocycles. The van der Waals surface area contributed by atoms with Gasteiger partial charge in [0, 0.05) is 17.0 Å². The van der Waals surface area contributed by atoms with Crippen LogP contribution in [0.2, 0.25) is 0 Å². The molecule has 3 nitrogen and oxygen atoms in total. The molecule has 1 aromatic heterocycles. The summed E-state index contributed by atoms with van der Waals surface area (Å²) in [6, 6.07) is 6.23. The van der Waals surface area contributed by atoms with Gasteiger partial charge in [0.15, 0.2) is 0 Å². The average molecular weight is 245 g/mol. The maximum absolute atomic E-state index is 11.9. The van der Waals surface area contributed by atoms with Gasteiger partial charge in [-0.25, -0.2) is 0 Å². The number of fused-ring (bicyclic) bond motifs is 1. The molecule has 3 heteroatoms. The molecule has 1 unspecified atom stereocenters. The first-order valence-electron chi connectivity index (χ1n) is 6.36. The van der Waals surface area contributed by atoms with Gasteiger partial charge in [-0.3, -0.25) is 4.79 Å². The molecule has 0 radical (unpaired) electrons. The van der Waals surface area contributed by atoms with Crippen molar-refractivity contribution < 1.29 is 9.21 Å². The Kier molecular flexibility index (Phi) is 3.70. The second kappa shape index (κ2) is 5.25. The van der Waals surface area contributed by atoms with Crippen LogP contribution >= 0.6 is 0 Å². The number of nitrogens with one attached hydrogen (secondary N) is 1. The predicted octanol–water partition coefficient (Wildman–Crippen LogP) is 3.20. The van der Waals surface area contributed by atoms with E-state index in [9.17, 15) is 4.79 Å². The minimum Gasteiger partial charge on any atom is -0.464 e. The van der Waals surface area contributed by atoms with Crippen molar-refractivity contribution in [2.45, 2.75) is 39.7 Å². The summed E-state index contributed by atoms with van der Waals surface area (Å²) >= 11 is 0. The molecule has 2 aromatic rings. The molecule has 1 atom stereocenters. The van der Waals surface area contributed by atoms with Crippen LogP contribution in [0.1, 0.15) is 31.4 Å². The first kappa shape index (κ1) is 12.7. The Labute approximate surface area is 107 Å². The van der Waals surface area contributed by atoms with E-state index >= 15 is 0 Å². The van der Waals surface area contributed by atoms with Crippen molar-refractivity contribution in [1.29, 1.82) is 0 Å². The molecule has 1 heterocycles. The standard InChI is InChI=1S/C15H19NO2/c1-4-11(3)16-15(17)8-12-9-18-14-6-5-10(2)7-13(12)14/h5-7,9,11H,4,8H2,1-3H3,(H,16,17). The Hall–Kier alpha value is -1.77. The first-order valence-corrected chi connectivity index (χ1v) is 6.36. The summed E-state index contributed by atoms with van der Waals surface area (Å²) in [5.41, 5.74) is 2.97. The van der Waals surface area contributed by atoms with E-state index in [1.165, 1.54) is 5.56 Å². The third kappa shape index (κ3) is 2.73. The van der Waals surface area contributed by atoms with Gasteiger partial charge in [-0.1, -0.05) is 18.6 Å². The fourth-order valence-electron chi connectivity index (χ4n) is 1.93. The van der Waals surface area contributed by atoms with Crippen LogP contribution in [0.5, 0.6) is 0 Å². The average Bonchev–Trinajstić information content (AvgIpc) is 2.71. The van der Waals surface area contributed by atoms with Crippen molar-refractivity contribution >= 4 is 16.9 Å². The number of aryl methyl sites for hydroxylation is 1. The molecule has 0 saturated carbocycles. The van der Waals surface area contributed by atoms with Crippen molar-refractivity contribution in [2.24, 2.45) is 0 Å². The van der Waals surface area contributed by atoms with Crippen LogP contribution < -0.4 is 5.32 Å². The molecular formula is C15H19NO2. The Morgan fingerprint density at radius 3 is 2.94 bits per heavy atom. The summed E-state index contributed by atoms with van der Waals surface area (Å²) in [6.45, 7) is 6.10. The van der Waals surface area contributed by atoms with Gasteiger partial charge in [0.25, 0.3) is 0 Å². The minimum absolute atomic E-state index is 0.0496. The van der Waals surface area contributed by atoms with Gasteiger partial charge in [-0.05, 0) is 32.4 Å². The lowest BCUT2D eigenvalue weighted by molar-refractivity contribution is -0.121. The van der Waals surface area contributed by atoms with Gasteiger partial charge in [-0.15, -0.1) is 0 Å². The Morgan fingerprint density at radius 2 is 2.22 bits per heavy atom. The van der Waals surface area contributed by atoms with Crippen LogP contribution in [0.25, 0.3) is 11.0 Å². The second-order valence-corrected chi connectivity index (χ2v) is 4.81. The van der Waals surface area contributed by atoms with Gasteiger partial charge in [0.05, 0.1) is 12.7 Å². The van der Waals surface area contributed by atoms with Crippen LogP contribution in [0, 0.1) is 6.92 Å². The number of hydrogen-bond acceptors (Lipinski definition) is 2. The molecule has 1 aromatic carbocycles. The number of amides is 1. The van der Waals surface area contributed by atoms with Crippen molar-refractivity contribution in [3.63, 3.8) is 0 Å². The van der Waals surface area contributed by atoms with E-state index in [-0.39, 0.29) is 11.9 Å². The highest BCUT2D eigenvalue weighted by molar-refractivity contribution is 5.88. The molecule has 0 spiro atoms. The normalized spacial score (nSPS) is 12.6. The SMILES string of the molecule is CCC(C)NC(=O)Cc1coc2ccc(C)cc12. The Morgan fingerprint density at radius 1 is 1.44 bits per heavy atom. The van der Waals surface area contributed by atoms with Crippen molar-refractivity contribution in [1.82, 2.24) is 5.32 Å². The highest BCUT2D eigenvalue weighted by atomic mass is 16.3. The smallest absolute Gasteiger partial charge is 0.224 e. The monoisotopic (exact) mass is 245 g/mol. The number of carbonyl (C=O) groups is 1. The number of hydrogen-bond donors (Lipinski definition) is 1. The molecular weight excluding hydrogens is 226 g/mol. The lowest BCUT2D eigenvalue weighted by Gasteiger charge is -2.10. The fraction of sp³-hybridized carbons (Fsp3) is 0.400. The van der Waals surface area contributed by atoms with Crippen LogP contribution in [0.4, 0.5) is 0 Å². The molecule has 0 aliphatic rings. The number of rotatable bonds is 4. The van der Waals surface area contributed by atoms with Gasteiger partial charge >= 0.3 is 0 Å². The largest absolute Gasteiger partial charge is 0.464 e. The van der Waals surface area contributed by atoms with E-state index < -0.39 is 0 Å².